The van der Waals surface area contributed by atoms with Gasteiger partial charge in [0.1, 0.15) is 11.6 Å². The van der Waals surface area contributed by atoms with E-state index in [4.69, 9.17) is 4.42 Å². The van der Waals surface area contributed by atoms with E-state index in [1.807, 2.05) is 24.3 Å². The number of guanidine groups is 1. The van der Waals surface area contributed by atoms with Gasteiger partial charge in [0.05, 0.1) is 18.5 Å². The number of furan rings is 1. The maximum absolute atomic E-state index is 10.1. The number of benzene rings is 1. The molecule has 4 rings (SSSR count). The lowest BCUT2D eigenvalue weighted by molar-refractivity contribution is 0.369. The SMILES string of the molecule is CN=C(NCc1nc(-c2ccco2)n[nH]1)N1CCN(c2ccccc2O)CC1. The van der Waals surface area contributed by atoms with Crippen LogP contribution < -0.4 is 10.2 Å². The first kappa shape index (κ1) is 17.9. The van der Waals surface area contributed by atoms with E-state index in [0.29, 0.717) is 29.7 Å². The molecule has 0 atom stereocenters. The van der Waals surface area contributed by atoms with Gasteiger partial charge in [-0.2, -0.15) is 0 Å². The second-order valence-corrected chi connectivity index (χ2v) is 6.45. The Kier molecular flexibility index (Phi) is 5.14. The summed E-state index contributed by atoms with van der Waals surface area (Å²) in [4.78, 5) is 13.2. The van der Waals surface area contributed by atoms with Gasteiger partial charge in [-0.1, -0.05) is 12.1 Å². The molecule has 1 saturated heterocycles. The highest BCUT2D eigenvalue weighted by Gasteiger charge is 2.21. The molecule has 9 heteroatoms. The fraction of sp³-hybridized carbons (Fsp3) is 0.316. The normalized spacial score (nSPS) is 15.1. The smallest absolute Gasteiger partial charge is 0.216 e. The van der Waals surface area contributed by atoms with Crippen LogP contribution in [-0.4, -0.2) is 64.4 Å². The number of aromatic nitrogens is 3. The van der Waals surface area contributed by atoms with Crippen LogP contribution in [0.4, 0.5) is 5.69 Å². The lowest BCUT2D eigenvalue weighted by Crippen LogP contribution is -2.52. The van der Waals surface area contributed by atoms with Crippen molar-refractivity contribution in [2.24, 2.45) is 4.99 Å². The fourth-order valence-corrected chi connectivity index (χ4v) is 3.28. The molecule has 2 aromatic heterocycles. The summed E-state index contributed by atoms with van der Waals surface area (Å²) in [5, 5.41) is 20.5. The van der Waals surface area contributed by atoms with Gasteiger partial charge in [-0.15, -0.1) is 5.10 Å². The van der Waals surface area contributed by atoms with Crippen molar-refractivity contribution >= 4 is 11.6 Å². The van der Waals surface area contributed by atoms with Crippen molar-refractivity contribution in [2.75, 3.05) is 38.1 Å². The number of aromatic hydroxyl groups is 1. The Morgan fingerprint density at radius 2 is 2.04 bits per heavy atom. The van der Waals surface area contributed by atoms with Crippen molar-refractivity contribution in [1.82, 2.24) is 25.4 Å². The van der Waals surface area contributed by atoms with E-state index in [2.05, 4.69) is 35.3 Å². The summed E-state index contributed by atoms with van der Waals surface area (Å²) in [6.07, 6.45) is 1.60. The molecule has 9 nitrogen and oxygen atoms in total. The average Bonchev–Trinajstić information content (AvgIpc) is 3.41. The van der Waals surface area contributed by atoms with Gasteiger partial charge in [0.25, 0.3) is 0 Å². The molecule has 146 valence electrons. The van der Waals surface area contributed by atoms with Gasteiger partial charge in [-0.3, -0.25) is 10.1 Å². The molecule has 0 bridgehead atoms. The van der Waals surface area contributed by atoms with Crippen LogP contribution in [0.2, 0.25) is 0 Å². The summed E-state index contributed by atoms with van der Waals surface area (Å²) in [6, 6.07) is 11.1. The Bertz CT molecular complexity index is 927. The van der Waals surface area contributed by atoms with Crippen LogP contribution in [0.5, 0.6) is 5.75 Å². The van der Waals surface area contributed by atoms with Crippen molar-refractivity contribution in [1.29, 1.82) is 0 Å². The predicted octanol–water partition coefficient (Wildman–Crippen LogP) is 1.67. The summed E-state index contributed by atoms with van der Waals surface area (Å²) >= 11 is 0. The van der Waals surface area contributed by atoms with Gasteiger partial charge in [0, 0.05) is 33.2 Å². The van der Waals surface area contributed by atoms with Crippen LogP contribution in [-0.2, 0) is 6.54 Å². The number of phenolic OH excluding ortho intramolecular Hbond substituents is 1. The number of aromatic amines is 1. The Morgan fingerprint density at radius 3 is 2.75 bits per heavy atom. The monoisotopic (exact) mass is 381 g/mol. The molecule has 0 saturated carbocycles. The van der Waals surface area contributed by atoms with Gasteiger partial charge in [-0.05, 0) is 24.3 Å². The Morgan fingerprint density at radius 1 is 1.21 bits per heavy atom. The minimum absolute atomic E-state index is 0.316. The number of H-pyrrole nitrogens is 1. The molecule has 1 aliphatic rings. The van der Waals surface area contributed by atoms with Crippen LogP contribution in [0, 0.1) is 0 Å². The molecule has 28 heavy (non-hydrogen) atoms. The number of piperazine rings is 1. The molecule has 3 aromatic rings. The van der Waals surface area contributed by atoms with Crippen LogP contribution in [0.15, 0.2) is 52.1 Å². The molecule has 3 N–H and O–H groups in total. The van der Waals surface area contributed by atoms with Gasteiger partial charge in [0.15, 0.2) is 11.7 Å². The molecule has 0 amide bonds. The number of nitrogens with zero attached hydrogens (tertiary/aromatic N) is 5. The molecular formula is C19H23N7O2. The average molecular weight is 381 g/mol. The summed E-state index contributed by atoms with van der Waals surface area (Å²) < 4.78 is 5.31. The molecule has 1 aromatic carbocycles. The van der Waals surface area contributed by atoms with Crippen LogP contribution >= 0.6 is 0 Å². The molecule has 1 aliphatic heterocycles. The van der Waals surface area contributed by atoms with E-state index in [-0.39, 0.29) is 0 Å². The standard InChI is InChI=1S/C19H23N7O2/c1-20-19(21-13-17-22-18(24-23-17)16-7-4-12-28-16)26-10-8-25(9-11-26)14-5-2-3-6-15(14)27/h2-7,12,27H,8-11,13H2,1H3,(H,20,21)(H,22,23,24). The molecular weight excluding hydrogens is 358 g/mol. The molecule has 3 heterocycles. The number of rotatable bonds is 4. The highest BCUT2D eigenvalue weighted by Crippen LogP contribution is 2.27. The Labute approximate surface area is 162 Å². The van der Waals surface area contributed by atoms with Gasteiger partial charge in [-0.25, -0.2) is 4.98 Å². The largest absolute Gasteiger partial charge is 0.506 e. The number of anilines is 1. The number of hydrogen-bond donors (Lipinski definition) is 3. The fourth-order valence-electron chi connectivity index (χ4n) is 3.28. The maximum atomic E-state index is 10.1. The number of phenols is 1. The third-order valence-corrected chi connectivity index (χ3v) is 4.70. The van der Waals surface area contributed by atoms with Gasteiger partial charge < -0.3 is 24.6 Å². The number of nitrogens with one attached hydrogen (secondary N) is 2. The minimum atomic E-state index is 0.316. The molecule has 0 aliphatic carbocycles. The summed E-state index contributed by atoms with van der Waals surface area (Å²) in [5.74, 6) is 3.00. The zero-order valence-electron chi connectivity index (χ0n) is 15.7. The summed E-state index contributed by atoms with van der Waals surface area (Å²) in [6.45, 7) is 3.72. The van der Waals surface area contributed by atoms with E-state index in [1.165, 1.54) is 0 Å². The zero-order valence-corrected chi connectivity index (χ0v) is 15.7. The maximum Gasteiger partial charge on any atom is 0.216 e. The topological polar surface area (TPSA) is 106 Å². The lowest BCUT2D eigenvalue weighted by atomic mass is 10.2. The molecule has 0 unspecified atom stereocenters. The predicted molar refractivity (Wildman–Crippen MR) is 106 cm³/mol. The first-order valence-electron chi connectivity index (χ1n) is 9.18. The van der Waals surface area contributed by atoms with E-state index >= 15 is 0 Å². The lowest BCUT2D eigenvalue weighted by Gasteiger charge is -2.37. The zero-order chi connectivity index (χ0) is 19.3. The Hall–Kier alpha value is -3.49. The minimum Gasteiger partial charge on any atom is -0.506 e. The molecule has 0 radical (unpaired) electrons. The molecule has 1 fully saturated rings. The summed E-state index contributed by atoms with van der Waals surface area (Å²) in [7, 11) is 1.77. The highest BCUT2D eigenvalue weighted by atomic mass is 16.3. The van der Waals surface area contributed by atoms with E-state index in [9.17, 15) is 5.11 Å². The van der Waals surface area contributed by atoms with E-state index in [1.54, 1.807) is 25.4 Å². The number of aliphatic imine (C=N–C) groups is 1. The van der Waals surface area contributed by atoms with Gasteiger partial charge >= 0.3 is 0 Å². The summed E-state index contributed by atoms with van der Waals surface area (Å²) in [5.41, 5.74) is 0.872. The number of hydrogen-bond acceptors (Lipinski definition) is 6. The van der Waals surface area contributed by atoms with Crippen molar-refractivity contribution < 1.29 is 9.52 Å². The first-order valence-corrected chi connectivity index (χ1v) is 9.18. The quantitative estimate of drug-likeness (QED) is 0.466. The van der Waals surface area contributed by atoms with E-state index in [0.717, 1.165) is 37.8 Å². The first-order chi connectivity index (χ1) is 13.7. The van der Waals surface area contributed by atoms with Crippen molar-refractivity contribution in [3.05, 3.63) is 48.5 Å². The van der Waals surface area contributed by atoms with Crippen LogP contribution in [0.25, 0.3) is 11.6 Å². The molecule has 0 spiro atoms. The third-order valence-electron chi connectivity index (χ3n) is 4.70. The van der Waals surface area contributed by atoms with Crippen LogP contribution in [0.3, 0.4) is 0 Å². The number of para-hydroxylation sites is 2. The second-order valence-electron chi connectivity index (χ2n) is 6.45. The van der Waals surface area contributed by atoms with Gasteiger partial charge in [0.2, 0.25) is 5.82 Å². The van der Waals surface area contributed by atoms with Crippen molar-refractivity contribution in [3.63, 3.8) is 0 Å². The highest BCUT2D eigenvalue weighted by molar-refractivity contribution is 5.80. The Balaban J connectivity index is 1.32. The van der Waals surface area contributed by atoms with Crippen LogP contribution in [0.1, 0.15) is 5.82 Å². The third kappa shape index (κ3) is 3.78. The van der Waals surface area contributed by atoms with E-state index < -0.39 is 0 Å². The van der Waals surface area contributed by atoms with Crippen molar-refractivity contribution in [3.8, 4) is 17.3 Å². The van der Waals surface area contributed by atoms with Crippen molar-refractivity contribution in [2.45, 2.75) is 6.54 Å². The second kappa shape index (κ2) is 8.03.